The molecule has 0 aliphatic heterocycles. The van der Waals surface area contributed by atoms with Gasteiger partial charge in [-0.05, 0) is 23.6 Å². The number of hydrogen-bond acceptors (Lipinski definition) is 4. The highest BCUT2D eigenvalue weighted by atomic mass is 79.9. The Morgan fingerprint density at radius 3 is 2.26 bits per heavy atom. The van der Waals surface area contributed by atoms with Crippen LogP contribution in [0.1, 0.15) is 19.4 Å². The van der Waals surface area contributed by atoms with Crippen LogP contribution in [-0.2, 0) is 6.54 Å². The second-order valence-corrected chi connectivity index (χ2v) is 5.57. The highest BCUT2D eigenvalue weighted by Gasteiger charge is 2.14. The number of aliphatic hydroxyl groups excluding tert-OH is 1. The number of benzene rings is 1. The molecule has 0 aliphatic rings. The van der Waals surface area contributed by atoms with E-state index in [-0.39, 0.29) is 12.6 Å². The largest absolute Gasteiger partial charge is 0.493 e. The van der Waals surface area contributed by atoms with Gasteiger partial charge in [-0.2, -0.15) is 0 Å². The molecule has 19 heavy (non-hydrogen) atoms. The van der Waals surface area contributed by atoms with Crippen molar-refractivity contribution >= 4 is 15.9 Å². The second kappa shape index (κ2) is 7.72. The summed E-state index contributed by atoms with van der Waals surface area (Å²) in [5.41, 5.74) is 1.07. The van der Waals surface area contributed by atoms with Gasteiger partial charge in [-0.3, -0.25) is 0 Å². The molecule has 5 heteroatoms. The topological polar surface area (TPSA) is 50.7 Å². The van der Waals surface area contributed by atoms with E-state index in [9.17, 15) is 5.11 Å². The number of hydrogen-bond donors (Lipinski definition) is 2. The van der Waals surface area contributed by atoms with E-state index in [1.54, 1.807) is 14.2 Å². The maximum Gasteiger partial charge on any atom is 0.161 e. The summed E-state index contributed by atoms with van der Waals surface area (Å²) < 4.78 is 11.5. The number of methoxy groups -OCH3 is 2. The standard InChI is InChI=1S/C14H22BrNO3/c1-9(2)12(8-17)16-7-10-5-13(18-3)14(19-4)6-11(10)15/h5-6,9,12,16-17H,7-8H2,1-4H3. The predicted molar refractivity (Wildman–Crippen MR) is 79.8 cm³/mol. The molecule has 0 spiro atoms. The van der Waals surface area contributed by atoms with Crippen molar-refractivity contribution in [1.82, 2.24) is 5.32 Å². The Hall–Kier alpha value is -0.780. The Balaban J connectivity index is 2.83. The van der Waals surface area contributed by atoms with Gasteiger partial charge in [-0.25, -0.2) is 0 Å². The fourth-order valence-corrected chi connectivity index (χ4v) is 2.25. The molecule has 0 heterocycles. The van der Waals surface area contributed by atoms with E-state index in [2.05, 4.69) is 35.1 Å². The molecule has 1 rings (SSSR count). The second-order valence-electron chi connectivity index (χ2n) is 4.71. The number of halogens is 1. The molecule has 0 fully saturated rings. The summed E-state index contributed by atoms with van der Waals surface area (Å²) in [4.78, 5) is 0. The average molecular weight is 332 g/mol. The van der Waals surface area contributed by atoms with Crippen LogP contribution in [0, 0.1) is 5.92 Å². The summed E-state index contributed by atoms with van der Waals surface area (Å²) in [7, 11) is 3.23. The molecule has 1 aromatic rings. The van der Waals surface area contributed by atoms with Gasteiger partial charge in [0.05, 0.1) is 20.8 Å². The molecule has 4 nitrogen and oxygen atoms in total. The maximum atomic E-state index is 9.31. The van der Waals surface area contributed by atoms with Crippen molar-refractivity contribution in [3.05, 3.63) is 22.2 Å². The van der Waals surface area contributed by atoms with E-state index < -0.39 is 0 Å². The molecule has 0 radical (unpaired) electrons. The van der Waals surface area contributed by atoms with Crippen molar-refractivity contribution in [3.8, 4) is 11.5 Å². The Morgan fingerprint density at radius 1 is 1.21 bits per heavy atom. The first-order chi connectivity index (χ1) is 9.03. The first-order valence-corrected chi connectivity index (χ1v) is 7.07. The van der Waals surface area contributed by atoms with Crippen molar-refractivity contribution in [2.24, 2.45) is 5.92 Å². The highest BCUT2D eigenvalue weighted by molar-refractivity contribution is 9.10. The minimum absolute atomic E-state index is 0.0833. The van der Waals surface area contributed by atoms with Crippen LogP contribution in [0.2, 0.25) is 0 Å². The fourth-order valence-electron chi connectivity index (χ4n) is 1.78. The molecule has 1 unspecified atom stereocenters. The zero-order chi connectivity index (χ0) is 14.4. The van der Waals surface area contributed by atoms with Crippen molar-refractivity contribution in [2.45, 2.75) is 26.4 Å². The molecule has 0 bridgehead atoms. The smallest absolute Gasteiger partial charge is 0.161 e. The zero-order valence-electron chi connectivity index (χ0n) is 11.9. The predicted octanol–water partition coefficient (Wildman–Crippen LogP) is 2.57. The first-order valence-electron chi connectivity index (χ1n) is 6.28. The van der Waals surface area contributed by atoms with Crippen LogP contribution in [0.5, 0.6) is 11.5 Å². The highest BCUT2D eigenvalue weighted by Crippen LogP contribution is 2.33. The van der Waals surface area contributed by atoms with E-state index >= 15 is 0 Å². The lowest BCUT2D eigenvalue weighted by Crippen LogP contribution is -2.36. The molecule has 0 aromatic heterocycles. The lowest BCUT2D eigenvalue weighted by Gasteiger charge is -2.21. The van der Waals surface area contributed by atoms with Crippen LogP contribution in [0.25, 0.3) is 0 Å². The van der Waals surface area contributed by atoms with Crippen molar-refractivity contribution in [1.29, 1.82) is 0 Å². The molecule has 0 saturated carbocycles. The lowest BCUT2D eigenvalue weighted by atomic mass is 10.0. The molecular weight excluding hydrogens is 310 g/mol. The van der Waals surface area contributed by atoms with Crippen LogP contribution in [0.3, 0.4) is 0 Å². The van der Waals surface area contributed by atoms with Crippen molar-refractivity contribution in [2.75, 3.05) is 20.8 Å². The fraction of sp³-hybridized carbons (Fsp3) is 0.571. The van der Waals surface area contributed by atoms with Crippen LogP contribution in [-0.4, -0.2) is 32.0 Å². The van der Waals surface area contributed by atoms with Gasteiger partial charge in [0.1, 0.15) is 0 Å². The molecular formula is C14H22BrNO3. The van der Waals surface area contributed by atoms with Crippen LogP contribution in [0.4, 0.5) is 0 Å². The van der Waals surface area contributed by atoms with Gasteiger partial charge in [0.25, 0.3) is 0 Å². The summed E-state index contributed by atoms with van der Waals surface area (Å²) in [5, 5.41) is 12.6. The summed E-state index contributed by atoms with van der Waals surface area (Å²) in [5.74, 6) is 1.78. The van der Waals surface area contributed by atoms with E-state index in [1.165, 1.54) is 0 Å². The van der Waals surface area contributed by atoms with Crippen molar-refractivity contribution in [3.63, 3.8) is 0 Å². The third-order valence-corrected chi connectivity index (χ3v) is 3.85. The molecule has 0 amide bonds. The molecule has 1 atom stereocenters. The van der Waals surface area contributed by atoms with Gasteiger partial charge in [0.15, 0.2) is 11.5 Å². The van der Waals surface area contributed by atoms with Gasteiger partial charge in [-0.15, -0.1) is 0 Å². The van der Waals surface area contributed by atoms with E-state index in [0.29, 0.717) is 24.0 Å². The van der Waals surface area contributed by atoms with Crippen LogP contribution < -0.4 is 14.8 Å². The van der Waals surface area contributed by atoms with Crippen molar-refractivity contribution < 1.29 is 14.6 Å². The van der Waals surface area contributed by atoms with E-state index in [1.807, 2.05) is 12.1 Å². The molecule has 2 N–H and O–H groups in total. The summed E-state index contributed by atoms with van der Waals surface area (Å²) in [6.45, 7) is 4.95. The lowest BCUT2D eigenvalue weighted by molar-refractivity contribution is 0.210. The number of ether oxygens (including phenoxy) is 2. The Labute approximate surface area is 123 Å². The average Bonchev–Trinajstić information content (AvgIpc) is 2.40. The summed E-state index contributed by atoms with van der Waals surface area (Å²) in [6, 6.07) is 3.91. The monoisotopic (exact) mass is 331 g/mol. The minimum Gasteiger partial charge on any atom is -0.493 e. The third-order valence-electron chi connectivity index (χ3n) is 3.11. The summed E-state index contributed by atoms with van der Waals surface area (Å²) in [6.07, 6.45) is 0. The molecule has 108 valence electrons. The quantitative estimate of drug-likeness (QED) is 0.806. The van der Waals surface area contributed by atoms with Gasteiger partial charge in [-0.1, -0.05) is 29.8 Å². The van der Waals surface area contributed by atoms with Gasteiger partial charge >= 0.3 is 0 Å². The normalized spacial score (nSPS) is 12.6. The molecule has 0 aliphatic carbocycles. The number of rotatable bonds is 7. The first kappa shape index (κ1) is 16.3. The summed E-state index contributed by atoms with van der Waals surface area (Å²) >= 11 is 3.52. The number of nitrogens with one attached hydrogen (secondary N) is 1. The number of aliphatic hydroxyl groups is 1. The Kier molecular flexibility index (Phi) is 6.62. The molecule has 1 aromatic carbocycles. The van der Waals surface area contributed by atoms with Crippen LogP contribution >= 0.6 is 15.9 Å². The van der Waals surface area contributed by atoms with E-state index in [4.69, 9.17) is 9.47 Å². The zero-order valence-corrected chi connectivity index (χ0v) is 13.5. The SMILES string of the molecule is COc1cc(Br)c(CNC(CO)C(C)C)cc1OC. The van der Waals surface area contributed by atoms with Gasteiger partial charge in [0, 0.05) is 17.1 Å². The van der Waals surface area contributed by atoms with Gasteiger partial charge < -0.3 is 19.9 Å². The third kappa shape index (κ3) is 4.37. The minimum atomic E-state index is 0.0833. The Bertz CT molecular complexity index is 410. The van der Waals surface area contributed by atoms with Gasteiger partial charge in [0.2, 0.25) is 0 Å². The molecule has 0 saturated heterocycles. The Morgan fingerprint density at radius 2 is 1.79 bits per heavy atom. The maximum absolute atomic E-state index is 9.31. The van der Waals surface area contributed by atoms with Crippen LogP contribution in [0.15, 0.2) is 16.6 Å². The van der Waals surface area contributed by atoms with E-state index in [0.717, 1.165) is 10.0 Å².